The first-order valence-electron chi connectivity index (χ1n) is 16.7. The van der Waals surface area contributed by atoms with Crippen LogP contribution in [0.3, 0.4) is 0 Å². The second-order valence-electron chi connectivity index (χ2n) is 16.3. The van der Waals surface area contributed by atoms with Crippen LogP contribution < -0.4 is 13.6 Å². The van der Waals surface area contributed by atoms with E-state index in [0.717, 1.165) is 40.3 Å². The zero-order chi connectivity index (χ0) is 34.4. The van der Waals surface area contributed by atoms with Crippen molar-refractivity contribution in [3.05, 3.63) is 40.5 Å². The van der Waals surface area contributed by atoms with E-state index in [1.807, 2.05) is 0 Å². The maximum atomic E-state index is 13.8. The number of methoxy groups -OCH3 is 1. The Labute approximate surface area is 280 Å². The highest BCUT2D eigenvalue weighted by Crippen LogP contribution is 2.62. The fraction of sp³-hybridized carbons (Fsp3) is 0.611. The predicted octanol–water partition coefficient (Wildman–Crippen LogP) is 7.65. The van der Waals surface area contributed by atoms with Gasteiger partial charge in [0.05, 0.1) is 31.3 Å². The maximum Gasteiger partial charge on any atom is 0.471 e. The number of rotatable bonds is 8. The van der Waals surface area contributed by atoms with Gasteiger partial charge in [-0.05, 0) is 51.0 Å². The SMILES string of the molecule is C=C(C(=O)C1OCCO1)C(O[Si](C)(C)C)[C@H]1O[C@@H]1c1c(C)cc2c(OC)c3c(c4c2c1O[Si](C(C)(C)C)(C(C)(C)C)O4)C(=O)CCC3. The summed E-state index contributed by atoms with van der Waals surface area (Å²) in [5.41, 5.74) is 3.64. The van der Waals surface area contributed by atoms with E-state index in [9.17, 15) is 9.59 Å². The molecular formula is C36H50O9Si2. The zero-order valence-electron chi connectivity index (χ0n) is 29.8. The minimum absolute atomic E-state index is 0.0671. The number of hydrogen-bond acceptors (Lipinski definition) is 9. The van der Waals surface area contributed by atoms with Crippen molar-refractivity contribution in [1.82, 2.24) is 0 Å². The van der Waals surface area contributed by atoms with E-state index in [1.54, 1.807) is 7.11 Å². The Morgan fingerprint density at radius 3 is 2.21 bits per heavy atom. The van der Waals surface area contributed by atoms with Gasteiger partial charge in [-0.2, -0.15) is 0 Å². The number of fused-ring (bicyclic) bond motifs is 2. The minimum Gasteiger partial charge on any atom is -0.510 e. The lowest BCUT2D eigenvalue weighted by Crippen LogP contribution is -2.63. The average molecular weight is 683 g/mol. The molecule has 1 unspecified atom stereocenters. The Hall–Kier alpha value is -2.55. The number of Topliss-reactive ketones (excluding diaryl/α,β-unsaturated/α-hetero) is 2. The molecule has 4 aliphatic rings. The Morgan fingerprint density at radius 1 is 1.02 bits per heavy atom. The summed E-state index contributed by atoms with van der Waals surface area (Å²) < 4.78 is 44.9. The van der Waals surface area contributed by atoms with Crippen molar-refractivity contribution in [3.63, 3.8) is 0 Å². The number of epoxide rings is 1. The van der Waals surface area contributed by atoms with Crippen molar-refractivity contribution in [1.29, 1.82) is 0 Å². The number of ether oxygens (including phenoxy) is 4. The molecule has 0 bridgehead atoms. The summed E-state index contributed by atoms with van der Waals surface area (Å²) in [5, 5.41) is 0.846. The first-order valence-corrected chi connectivity index (χ1v) is 21.9. The normalized spacial score (nSPS) is 23.2. The van der Waals surface area contributed by atoms with Crippen LogP contribution in [0, 0.1) is 6.92 Å². The molecule has 0 aromatic heterocycles. The van der Waals surface area contributed by atoms with Crippen LogP contribution in [0.15, 0.2) is 18.2 Å². The van der Waals surface area contributed by atoms with Gasteiger partial charge in [0.15, 0.2) is 14.1 Å². The molecule has 0 radical (unpaired) electrons. The van der Waals surface area contributed by atoms with E-state index >= 15 is 0 Å². The number of carbonyl (C=O) groups is 2. The van der Waals surface area contributed by atoms with Crippen LogP contribution in [0.5, 0.6) is 17.2 Å². The molecule has 11 heteroatoms. The van der Waals surface area contributed by atoms with Crippen LogP contribution in [-0.2, 0) is 29.9 Å². The van der Waals surface area contributed by atoms with Gasteiger partial charge in [-0.25, -0.2) is 0 Å². The van der Waals surface area contributed by atoms with E-state index in [0.29, 0.717) is 42.4 Å². The Balaban J connectivity index is 1.56. The van der Waals surface area contributed by atoms with Gasteiger partial charge >= 0.3 is 8.56 Å². The fourth-order valence-electron chi connectivity index (χ4n) is 7.77. The molecule has 0 N–H and O–H groups in total. The number of aryl methyl sites for hydroxylation is 1. The largest absolute Gasteiger partial charge is 0.510 e. The number of carbonyl (C=O) groups excluding carboxylic acids is 2. The molecule has 9 nitrogen and oxygen atoms in total. The molecule has 3 heterocycles. The van der Waals surface area contributed by atoms with E-state index in [4.69, 9.17) is 32.2 Å². The van der Waals surface area contributed by atoms with Gasteiger partial charge in [0, 0.05) is 38.6 Å². The molecule has 2 aromatic carbocycles. The molecule has 1 aliphatic carbocycles. The summed E-state index contributed by atoms with van der Waals surface area (Å²) in [6.45, 7) is 26.2. The molecule has 256 valence electrons. The van der Waals surface area contributed by atoms with Crippen molar-refractivity contribution >= 4 is 39.2 Å². The summed E-state index contributed by atoms with van der Waals surface area (Å²) in [7, 11) is -3.75. The van der Waals surface area contributed by atoms with Crippen molar-refractivity contribution in [3.8, 4) is 17.2 Å². The highest BCUT2D eigenvalue weighted by atomic mass is 28.4. The third-order valence-electron chi connectivity index (χ3n) is 9.67. The fourth-order valence-corrected chi connectivity index (χ4v) is 13.3. The number of ketones is 2. The smallest absolute Gasteiger partial charge is 0.471 e. The Morgan fingerprint density at radius 2 is 1.64 bits per heavy atom. The Kier molecular flexibility index (Phi) is 8.41. The second-order valence-corrected chi connectivity index (χ2v) is 25.4. The third kappa shape index (κ3) is 5.60. The molecular weight excluding hydrogens is 633 g/mol. The average Bonchev–Trinajstić information content (AvgIpc) is 3.53. The highest BCUT2D eigenvalue weighted by molar-refractivity contribution is 6.75. The molecule has 3 atom stereocenters. The molecule has 47 heavy (non-hydrogen) atoms. The monoisotopic (exact) mass is 682 g/mol. The quantitative estimate of drug-likeness (QED) is 0.158. The topological polar surface area (TPSA) is 102 Å². The molecule has 2 saturated heterocycles. The summed E-state index contributed by atoms with van der Waals surface area (Å²) in [5.74, 6) is 1.72. The number of hydrogen-bond donors (Lipinski definition) is 0. The lowest BCUT2D eigenvalue weighted by atomic mass is 9.84. The molecule has 2 fully saturated rings. The molecule has 2 aromatic rings. The summed E-state index contributed by atoms with van der Waals surface area (Å²) >= 11 is 0. The van der Waals surface area contributed by atoms with E-state index in [1.165, 1.54) is 0 Å². The van der Waals surface area contributed by atoms with E-state index in [2.05, 4.69) is 80.8 Å². The van der Waals surface area contributed by atoms with Crippen LogP contribution in [0.2, 0.25) is 29.7 Å². The van der Waals surface area contributed by atoms with E-state index < -0.39 is 41.5 Å². The van der Waals surface area contributed by atoms with Crippen LogP contribution in [0.25, 0.3) is 10.8 Å². The van der Waals surface area contributed by atoms with Crippen LogP contribution >= 0.6 is 0 Å². The molecule has 0 amide bonds. The second kappa shape index (κ2) is 11.5. The van der Waals surface area contributed by atoms with Crippen LogP contribution in [-0.4, -0.2) is 67.3 Å². The minimum atomic E-state index is -3.22. The molecule has 6 rings (SSSR count). The van der Waals surface area contributed by atoms with Gasteiger partial charge in [0.1, 0.15) is 35.6 Å². The molecule has 0 spiro atoms. The van der Waals surface area contributed by atoms with Crippen LogP contribution in [0.1, 0.15) is 87.5 Å². The zero-order valence-corrected chi connectivity index (χ0v) is 31.8. The third-order valence-corrected chi connectivity index (χ3v) is 15.6. The highest BCUT2D eigenvalue weighted by Gasteiger charge is 2.65. The first-order chi connectivity index (χ1) is 21.8. The van der Waals surface area contributed by atoms with Gasteiger partial charge in [0.2, 0.25) is 12.1 Å². The van der Waals surface area contributed by atoms with Gasteiger partial charge in [-0.15, -0.1) is 0 Å². The summed E-state index contributed by atoms with van der Waals surface area (Å²) in [6, 6.07) is 2.10. The summed E-state index contributed by atoms with van der Waals surface area (Å²) in [4.78, 5) is 27.2. The molecule has 3 aliphatic heterocycles. The lowest BCUT2D eigenvalue weighted by Gasteiger charge is -2.51. The number of benzene rings is 2. The van der Waals surface area contributed by atoms with Gasteiger partial charge < -0.3 is 32.2 Å². The van der Waals surface area contributed by atoms with Gasteiger partial charge in [-0.3, -0.25) is 9.59 Å². The lowest BCUT2D eigenvalue weighted by molar-refractivity contribution is -0.141. The maximum absolute atomic E-state index is 13.8. The first kappa shape index (κ1) is 34.3. The molecule has 0 saturated carbocycles. The van der Waals surface area contributed by atoms with Gasteiger partial charge in [0.25, 0.3) is 0 Å². The van der Waals surface area contributed by atoms with Crippen LogP contribution in [0.4, 0.5) is 0 Å². The van der Waals surface area contributed by atoms with Crippen molar-refractivity contribution in [2.75, 3.05) is 20.3 Å². The van der Waals surface area contributed by atoms with Gasteiger partial charge in [-0.1, -0.05) is 48.1 Å². The van der Waals surface area contributed by atoms with Crippen molar-refractivity contribution in [2.24, 2.45) is 0 Å². The Bertz CT molecular complexity index is 1640. The summed E-state index contributed by atoms with van der Waals surface area (Å²) in [6.07, 6.45) is -0.642. The van der Waals surface area contributed by atoms with Crippen molar-refractivity contribution in [2.45, 2.75) is 122 Å². The standard InChI is InChI=1S/C36H50O9Si2/c1-19-18-22-26-30(24(19)32-33(42-32)28(43-46(10,11)12)20(2)27(38)34-40-16-17-41-34)44-47(35(3,4)5,36(6,7)8)45-31(26)25-21(29(22)39-9)14-13-15-23(25)37/h18,28,32-34H,2,13-17H2,1,3-12H3/t28?,32-,33-/m1/s1. The van der Waals surface area contributed by atoms with E-state index in [-0.39, 0.29) is 27.2 Å². The predicted molar refractivity (Wildman–Crippen MR) is 185 cm³/mol. The van der Waals surface area contributed by atoms with Crippen molar-refractivity contribution < 1.29 is 41.8 Å².